The summed E-state index contributed by atoms with van der Waals surface area (Å²) < 4.78 is 37.8. The van der Waals surface area contributed by atoms with Gasteiger partial charge in [-0.2, -0.15) is 13.2 Å². The number of nitrogens with zero attached hydrogens (tertiary/aromatic N) is 2. The highest BCUT2D eigenvalue weighted by Gasteiger charge is 2.30. The molecule has 4 nitrogen and oxygen atoms in total. The van der Waals surface area contributed by atoms with E-state index in [0.717, 1.165) is 12.1 Å². The molecule has 102 valence electrons. The third-order valence-electron chi connectivity index (χ3n) is 2.87. The number of aliphatic imine (C=N–C) groups is 2. The van der Waals surface area contributed by atoms with Crippen LogP contribution in [0, 0.1) is 5.92 Å². The summed E-state index contributed by atoms with van der Waals surface area (Å²) in [6.07, 6.45) is -3.99. The summed E-state index contributed by atoms with van der Waals surface area (Å²) in [4.78, 5) is 7.77. The quantitative estimate of drug-likeness (QED) is 0.855. The first-order valence-corrected chi connectivity index (χ1v) is 5.66. The molecule has 7 heteroatoms. The molecule has 0 bridgehead atoms. The molecule has 2 rings (SSSR count). The highest BCUT2D eigenvalue weighted by molar-refractivity contribution is 5.97. The van der Waals surface area contributed by atoms with Crippen LogP contribution in [0.3, 0.4) is 0 Å². The van der Waals surface area contributed by atoms with Crippen molar-refractivity contribution in [2.24, 2.45) is 27.4 Å². The summed E-state index contributed by atoms with van der Waals surface area (Å²) in [7, 11) is 0. The summed E-state index contributed by atoms with van der Waals surface area (Å²) in [6, 6.07) is 5.17. The van der Waals surface area contributed by atoms with Gasteiger partial charge < -0.3 is 11.5 Å². The number of rotatable bonds is 2. The maximum Gasteiger partial charge on any atom is 0.416 e. The summed E-state index contributed by atoms with van der Waals surface area (Å²) in [5, 5.41) is 0. The van der Waals surface area contributed by atoms with Crippen LogP contribution in [-0.4, -0.2) is 18.3 Å². The minimum Gasteiger partial charge on any atom is -0.387 e. The zero-order valence-corrected chi connectivity index (χ0v) is 9.98. The molecule has 4 N–H and O–H groups in total. The first-order valence-electron chi connectivity index (χ1n) is 5.66. The molecule has 0 amide bonds. The summed E-state index contributed by atoms with van der Waals surface area (Å²) >= 11 is 0. The predicted molar refractivity (Wildman–Crippen MR) is 66.7 cm³/mol. The molecular formula is C12H13F3N4. The van der Waals surface area contributed by atoms with Gasteiger partial charge in [0.05, 0.1) is 12.1 Å². The maximum atomic E-state index is 12.6. The summed E-state index contributed by atoms with van der Waals surface area (Å²) in [6.45, 7) is 0.345. The van der Waals surface area contributed by atoms with E-state index in [4.69, 9.17) is 11.5 Å². The Labute approximate surface area is 108 Å². The average Bonchev–Trinajstić information content (AvgIpc) is 2.32. The van der Waals surface area contributed by atoms with Gasteiger partial charge in [0.15, 0.2) is 0 Å². The van der Waals surface area contributed by atoms with E-state index in [1.165, 1.54) is 6.07 Å². The van der Waals surface area contributed by atoms with Gasteiger partial charge in [-0.3, -0.25) is 4.99 Å². The van der Waals surface area contributed by atoms with Gasteiger partial charge in [0, 0.05) is 5.92 Å². The Morgan fingerprint density at radius 1 is 1.26 bits per heavy atom. The molecule has 1 aliphatic rings. The number of alkyl halides is 3. The van der Waals surface area contributed by atoms with Crippen molar-refractivity contribution in [3.8, 4) is 0 Å². The van der Waals surface area contributed by atoms with Crippen LogP contribution < -0.4 is 11.5 Å². The fourth-order valence-corrected chi connectivity index (χ4v) is 1.88. The Hall–Kier alpha value is -2.05. The molecule has 0 aromatic heterocycles. The SMILES string of the molecule is NC1=NCC(Cc2cccc(C(F)(F)F)c2)C(N)=N1. The lowest BCUT2D eigenvalue weighted by Crippen LogP contribution is -2.34. The minimum atomic E-state index is -4.34. The van der Waals surface area contributed by atoms with Crippen LogP contribution in [0.1, 0.15) is 11.1 Å². The van der Waals surface area contributed by atoms with Crippen LogP contribution in [-0.2, 0) is 12.6 Å². The van der Waals surface area contributed by atoms with Crippen molar-refractivity contribution in [3.63, 3.8) is 0 Å². The van der Waals surface area contributed by atoms with E-state index < -0.39 is 11.7 Å². The second kappa shape index (κ2) is 4.91. The Morgan fingerprint density at radius 3 is 2.63 bits per heavy atom. The molecule has 1 unspecified atom stereocenters. The third kappa shape index (κ3) is 3.24. The molecule has 1 atom stereocenters. The van der Waals surface area contributed by atoms with Crippen LogP contribution in [0.15, 0.2) is 34.3 Å². The smallest absolute Gasteiger partial charge is 0.387 e. The van der Waals surface area contributed by atoms with Gasteiger partial charge >= 0.3 is 6.18 Å². The number of halogens is 3. The van der Waals surface area contributed by atoms with Crippen molar-refractivity contribution in [2.75, 3.05) is 6.54 Å². The van der Waals surface area contributed by atoms with Crippen molar-refractivity contribution in [1.82, 2.24) is 0 Å². The first-order chi connectivity index (χ1) is 8.86. The van der Waals surface area contributed by atoms with E-state index in [1.807, 2.05) is 0 Å². The predicted octanol–water partition coefficient (Wildman–Crippen LogP) is 1.55. The van der Waals surface area contributed by atoms with Gasteiger partial charge in [-0.15, -0.1) is 0 Å². The maximum absolute atomic E-state index is 12.6. The fourth-order valence-electron chi connectivity index (χ4n) is 1.88. The van der Waals surface area contributed by atoms with Crippen molar-refractivity contribution < 1.29 is 13.2 Å². The van der Waals surface area contributed by atoms with Crippen LogP contribution >= 0.6 is 0 Å². The van der Waals surface area contributed by atoms with Gasteiger partial charge in [-0.05, 0) is 18.1 Å². The summed E-state index contributed by atoms with van der Waals surface area (Å²) in [5.74, 6) is 0.207. The lowest BCUT2D eigenvalue weighted by Gasteiger charge is -2.18. The Bertz CT molecular complexity index is 534. The second-order valence-corrected chi connectivity index (χ2v) is 4.33. The lowest BCUT2D eigenvalue weighted by atomic mass is 9.96. The first kappa shape index (κ1) is 13.4. The molecule has 0 saturated carbocycles. The van der Waals surface area contributed by atoms with E-state index in [-0.39, 0.29) is 11.9 Å². The zero-order valence-electron chi connectivity index (χ0n) is 9.98. The van der Waals surface area contributed by atoms with Gasteiger partial charge in [-0.25, -0.2) is 4.99 Å². The van der Waals surface area contributed by atoms with E-state index >= 15 is 0 Å². The van der Waals surface area contributed by atoms with E-state index in [9.17, 15) is 13.2 Å². The number of benzene rings is 1. The Balaban J connectivity index is 2.15. The minimum absolute atomic E-state index is 0.109. The molecule has 1 aromatic carbocycles. The normalized spacial score (nSPS) is 19.8. The number of hydrogen-bond acceptors (Lipinski definition) is 4. The second-order valence-electron chi connectivity index (χ2n) is 4.33. The van der Waals surface area contributed by atoms with Gasteiger partial charge in [0.1, 0.15) is 5.84 Å². The molecule has 19 heavy (non-hydrogen) atoms. The average molecular weight is 270 g/mol. The van der Waals surface area contributed by atoms with E-state index in [0.29, 0.717) is 24.4 Å². The topological polar surface area (TPSA) is 76.8 Å². The molecule has 0 fully saturated rings. The van der Waals surface area contributed by atoms with E-state index in [1.54, 1.807) is 6.07 Å². The monoisotopic (exact) mass is 270 g/mol. The van der Waals surface area contributed by atoms with Gasteiger partial charge in [0.2, 0.25) is 5.96 Å². The fraction of sp³-hybridized carbons (Fsp3) is 0.333. The molecule has 0 saturated heterocycles. The van der Waals surface area contributed by atoms with Crippen molar-refractivity contribution >= 4 is 11.8 Å². The van der Waals surface area contributed by atoms with Crippen LogP contribution in [0.5, 0.6) is 0 Å². The Kier molecular flexibility index (Phi) is 3.46. The van der Waals surface area contributed by atoms with Gasteiger partial charge in [0.25, 0.3) is 0 Å². The highest BCUT2D eigenvalue weighted by atomic mass is 19.4. The third-order valence-corrected chi connectivity index (χ3v) is 2.87. The summed E-state index contributed by atoms with van der Waals surface area (Å²) in [5.41, 5.74) is 11.0. The number of guanidine groups is 1. The number of nitrogens with two attached hydrogens (primary N) is 2. The molecule has 1 aliphatic heterocycles. The number of amidine groups is 1. The van der Waals surface area contributed by atoms with Crippen molar-refractivity contribution in [3.05, 3.63) is 35.4 Å². The molecule has 0 radical (unpaired) electrons. The van der Waals surface area contributed by atoms with Crippen LogP contribution in [0.4, 0.5) is 13.2 Å². The molecule has 1 heterocycles. The van der Waals surface area contributed by atoms with Gasteiger partial charge in [-0.1, -0.05) is 18.2 Å². The van der Waals surface area contributed by atoms with E-state index in [2.05, 4.69) is 9.98 Å². The lowest BCUT2D eigenvalue weighted by molar-refractivity contribution is -0.137. The van der Waals surface area contributed by atoms with Crippen molar-refractivity contribution in [1.29, 1.82) is 0 Å². The molecule has 0 spiro atoms. The standard InChI is InChI=1S/C12H13F3N4/c13-12(14,15)9-3-1-2-7(5-9)4-8-6-18-11(17)19-10(8)16/h1-3,5,8H,4,6H2,(H4,16,17,18,19). The largest absolute Gasteiger partial charge is 0.416 e. The molecule has 0 aliphatic carbocycles. The van der Waals surface area contributed by atoms with Crippen molar-refractivity contribution in [2.45, 2.75) is 12.6 Å². The van der Waals surface area contributed by atoms with Crippen LogP contribution in [0.2, 0.25) is 0 Å². The van der Waals surface area contributed by atoms with Crippen LogP contribution in [0.25, 0.3) is 0 Å². The Morgan fingerprint density at radius 2 is 2.00 bits per heavy atom. The zero-order chi connectivity index (χ0) is 14.0. The number of hydrogen-bond donors (Lipinski definition) is 2. The molecule has 1 aromatic rings. The molecular weight excluding hydrogens is 257 g/mol. The highest BCUT2D eigenvalue weighted by Crippen LogP contribution is 2.30.